The zero-order chi connectivity index (χ0) is 14.1. The number of hydrogen-bond donors (Lipinski definition) is 1. The molecule has 2 aromatic rings. The van der Waals surface area contributed by atoms with Crippen LogP contribution in [-0.4, -0.2) is 12.5 Å². The monoisotopic (exact) mass is 333 g/mol. The summed E-state index contributed by atoms with van der Waals surface area (Å²) in [5.74, 6) is 0.200. The van der Waals surface area contributed by atoms with Crippen LogP contribution in [0.4, 0.5) is 10.1 Å². The molecular weight excluding hydrogens is 321 g/mol. The van der Waals surface area contributed by atoms with Gasteiger partial charge in [-0.2, -0.15) is 0 Å². The summed E-state index contributed by atoms with van der Waals surface area (Å²) in [4.78, 5) is 6.23. The number of nitrogens with zero attached hydrogens (tertiary/aromatic N) is 2. The molecular formula is C15H13BrFN3. The molecule has 0 spiro atoms. The van der Waals surface area contributed by atoms with Gasteiger partial charge in [-0.25, -0.2) is 4.39 Å². The second-order valence-electron chi connectivity index (χ2n) is 4.59. The van der Waals surface area contributed by atoms with E-state index in [9.17, 15) is 4.39 Å². The molecule has 2 N–H and O–H groups in total. The van der Waals surface area contributed by atoms with Gasteiger partial charge in [0.2, 0.25) is 0 Å². The molecule has 0 amide bonds. The highest BCUT2D eigenvalue weighted by Gasteiger charge is 2.30. The maximum absolute atomic E-state index is 13.4. The predicted octanol–water partition coefficient (Wildman–Crippen LogP) is 3.46. The summed E-state index contributed by atoms with van der Waals surface area (Å²) < 4.78 is 14.4. The average molecular weight is 334 g/mol. The third-order valence-corrected chi connectivity index (χ3v) is 4.00. The minimum absolute atomic E-state index is 0.0793. The van der Waals surface area contributed by atoms with Crippen molar-refractivity contribution in [1.82, 2.24) is 0 Å². The summed E-state index contributed by atoms with van der Waals surface area (Å²) in [5.41, 5.74) is 7.80. The lowest BCUT2D eigenvalue weighted by Gasteiger charge is -2.27. The van der Waals surface area contributed by atoms with E-state index in [4.69, 9.17) is 5.73 Å². The van der Waals surface area contributed by atoms with Crippen LogP contribution in [0.25, 0.3) is 0 Å². The lowest BCUT2D eigenvalue weighted by atomic mass is 10.1. The van der Waals surface area contributed by atoms with Crippen LogP contribution in [0, 0.1) is 5.82 Å². The first-order valence-corrected chi connectivity index (χ1v) is 7.05. The molecule has 0 aliphatic carbocycles. The zero-order valence-corrected chi connectivity index (χ0v) is 12.2. The highest BCUT2D eigenvalue weighted by molar-refractivity contribution is 9.10. The quantitative estimate of drug-likeness (QED) is 0.914. The molecule has 5 heteroatoms. The smallest absolute Gasteiger partial charge is 0.196 e. The van der Waals surface area contributed by atoms with E-state index in [1.54, 1.807) is 6.07 Å². The standard InChI is InChI=1S/C15H13BrFN3/c16-12-6-1-2-7-13(12)20-14(9-19-15(20)18)10-4-3-5-11(17)8-10/h1-8,14H,9H2,(H2,18,19). The molecule has 1 heterocycles. The van der Waals surface area contributed by atoms with Gasteiger partial charge in [-0.1, -0.05) is 24.3 Å². The van der Waals surface area contributed by atoms with Gasteiger partial charge in [0.05, 0.1) is 18.3 Å². The van der Waals surface area contributed by atoms with Crippen molar-refractivity contribution in [2.45, 2.75) is 6.04 Å². The number of rotatable bonds is 2. The van der Waals surface area contributed by atoms with Crippen LogP contribution in [0.2, 0.25) is 0 Å². The van der Waals surface area contributed by atoms with E-state index in [-0.39, 0.29) is 11.9 Å². The maximum atomic E-state index is 13.4. The number of para-hydroxylation sites is 1. The topological polar surface area (TPSA) is 41.6 Å². The van der Waals surface area contributed by atoms with Gasteiger partial charge in [-0.3, -0.25) is 4.99 Å². The van der Waals surface area contributed by atoms with E-state index in [0.29, 0.717) is 12.5 Å². The summed E-state index contributed by atoms with van der Waals surface area (Å²) in [6.07, 6.45) is 0. The second kappa shape index (κ2) is 5.25. The fraction of sp³-hybridized carbons (Fsp3) is 0.133. The van der Waals surface area contributed by atoms with E-state index in [1.165, 1.54) is 12.1 Å². The first-order chi connectivity index (χ1) is 9.66. The van der Waals surface area contributed by atoms with Crippen molar-refractivity contribution in [3.8, 4) is 0 Å². The van der Waals surface area contributed by atoms with Crippen molar-refractivity contribution in [2.24, 2.45) is 10.7 Å². The number of aliphatic imine (C=N–C) groups is 1. The van der Waals surface area contributed by atoms with Gasteiger partial charge in [0.25, 0.3) is 0 Å². The largest absolute Gasteiger partial charge is 0.369 e. The molecule has 0 saturated carbocycles. The molecule has 3 rings (SSSR count). The van der Waals surface area contributed by atoms with Gasteiger partial charge in [0.15, 0.2) is 5.96 Å². The summed E-state index contributed by atoms with van der Waals surface area (Å²) in [6, 6.07) is 14.3. The number of benzene rings is 2. The van der Waals surface area contributed by atoms with Crippen LogP contribution in [0.15, 0.2) is 58.0 Å². The molecule has 1 atom stereocenters. The van der Waals surface area contributed by atoms with Crippen LogP contribution in [0.3, 0.4) is 0 Å². The van der Waals surface area contributed by atoms with Gasteiger partial charge in [-0.15, -0.1) is 0 Å². The van der Waals surface area contributed by atoms with Gasteiger partial charge in [-0.05, 0) is 45.8 Å². The van der Waals surface area contributed by atoms with Crippen LogP contribution in [0.5, 0.6) is 0 Å². The lowest BCUT2D eigenvalue weighted by molar-refractivity contribution is 0.621. The Kier molecular flexibility index (Phi) is 3.44. The van der Waals surface area contributed by atoms with E-state index < -0.39 is 0 Å². The Bertz CT molecular complexity index is 672. The highest BCUT2D eigenvalue weighted by Crippen LogP contribution is 2.35. The normalized spacial score (nSPS) is 18.2. The van der Waals surface area contributed by atoms with Gasteiger partial charge in [0.1, 0.15) is 5.82 Å². The van der Waals surface area contributed by atoms with Crippen LogP contribution >= 0.6 is 15.9 Å². The first-order valence-electron chi connectivity index (χ1n) is 6.26. The summed E-state index contributed by atoms with van der Waals surface area (Å²) in [5, 5.41) is 0. The van der Waals surface area contributed by atoms with Crippen LogP contribution in [0.1, 0.15) is 11.6 Å². The summed E-state index contributed by atoms with van der Waals surface area (Å²) >= 11 is 3.52. The van der Waals surface area contributed by atoms with Crippen molar-refractivity contribution in [1.29, 1.82) is 0 Å². The fourth-order valence-electron chi connectivity index (χ4n) is 2.40. The zero-order valence-electron chi connectivity index (χ0n) is 10.6. The Hall–Kier alpha value is -1.88. The van der Waals surface area contributed by atoms with Gasteiger partial charge in [0, 0.05) is 4.47 Å². The molecule has 20 heavy (non-hydrogen) atoms. The second-order valence-corrected chi connectivity index (χ2v) is 5.45. The average Bonchev–Trinajstić information content (AvgIpc) is 2.81. The SMILES string of the molecule is NC1=NCC(c2cccc(F)c2)N1c1ccccc1Br. The maximum Gasteiger partial charge on any atom is 0.196 e. The van der Waals surface area contributed by atoms with E-state index in [1.807, 2.05) is 35.2 Å². The van der Waals surface area contributed by atoms with Crippen LogP contribution in [-0.2, 0) is 0 Å². The van der Waals surface area contributed by atoms with Crippen molar-refractivity contribution < 1.29 is 4.39 Å². The number of nitrogens with two attached hydrogens (primary N) is 1. The molecule has 0 radical (unpaired) electrons. The van der Waals surface area contributed by atoms with E-state index in [2.05, 4.69) is 20.9 Å². The molecule has 2 aromatic carbocycles. The Morgan fingerprint density at radius 3 is 2.75 bits per heavy atom. The number of anilines is 1. The van der Waals surface area contributed by atoms with Crippen molar-refractivity contribution >= 4 is 27.6 Å². The Labute approximate surface area is 125 Å². The molecule has 0 saturated heterocycles. The van der Waals surface area contributed by atoms with Gasteiger partial charge < -0.3 is 10.6 Å². The molecule has 1 aliphatic rings. The minimum Gasteiger partial charge on any atom is -0.369 e. The molecule has 0 bridgehead atoms. The Balaban J connectivity index is 2.03. The number of guanidine groups is 1. The summed E-state index contributed by atoms with van der Waals surface area (Å²) in [6.45, 7) is 0.524. The number of hydrogen-bond acceptors (Lipinski definition) is 3. The van der Waals surface area contributed by atoms with Crippen molar-refractivity contribution in [3.05, 3.63) is 64.4 Å². The summed E-state index contributed by atoms with van der Waals surface area (Å²) in [7, 11) is 0. The third-order valence-electron chi connectivity index (χ3n) is 3.33. The van der Waals surface area contributed by atoms with Crippen LogP contribution < -0.4 is 10.6 Å². The molecule has 0 aromatic heterocycles. The van der Waals surface area contributed by atoms with E-state index >= 15 is 0 Å². The highest BCUT2D eigenvalue weighted by atomic mass is 79.9. The first kappa shape index (κ1) is 13.1. The minimum atomic E-state index is -0.250. The van der Waals surface area contributed by atoms with Gasteiger partial charge >= 0.3 is 0 Å². The molecule has 102 valence electrons. The third kappa shape index (κ3) is 2.29. The predicted molar refractivity (Wildman–Crippen MR) is 82.3 cm³/mol. The number of halogens is 2. The molecule has 1 aliphatic heterocycles. The Morgan fingerprint density at radius 1 is 1.20 bits per heavy atom. The lowest BCUT2D eigenvalue weighted by Crippen LogP contribution is -2.36. The molecule has 0 fully saturated rings. The Morgan fingerprint density at radius 2 is 2.00 bits per heavy atom. The van der Waals surface area contributed by atoms with E-state index in [0.717, 1.165) is 15.7 Å². The molecule has 1 unspecified atom stereocenters. The molecule has 3 nitrogen and oxygen atoms in total. The fourth-order valence-corrected chi connectivity index (χ4v) is 2.88. The van der Waals surface area contributed by atoms with Crippen molar-refractivity contribution in [2.75, 3.05) is 11.4 Å². The van der Waals surface area contributed by atoms with Crippen molar-refractivity contribution in [3.63, 3.8) is 0 Å².